The third-order valence-electron chi connectivity index (χ3n) is 6.11. The number of imidazole rings is 1. The molecule has 0 saturated heterocycles. The zero-order valence-corrected chi connectivity index (χ0v) is 20.3. The number of benzene rings is 2. The van der Waals surface area contributed by atoms with Gasteiger partial charge in [0.25, 0.3) is 5.91 Å². The predicted octanol–water partition coefficient (Wildman–Crippen LogP) is 3.06. The number of rotatable bonds is 7. The molecule has 0 saturated carbocycles. The molecule has 1 unspecified atom stereocenters. The Balaban J connectivity index is 1.69. The smallest absolute Gasteiger partial charge is 0.359 e. The molecule has 10 heteroatoms. The van der Waals surface area contributed by atoms with Gasteiger partial charge in [-0.15, -0.1) is 0 Å². The van der Waals surface area contributed by atoms with Crippen molar-refractivity contribution in [1.29, 1.82) is 0 Å². The van der Waals surface area contributed by atoms with Gasteiger partial charge in [0.05, 0.1) is 27.1 Å². The SMILES string of the molecule is COC(=O)c1ncn2c1C(=O)N(Cc1ccc(Cl)cc1)C(C)(C(=O)NCc1ccccc1OC)C2. The van der Waals surface area contributed by atoms with Crippen LogP contribution < -0.4 is 10.1 Å². The molecule has 9 nitrogen and oxygen atoms in total. The molecule has 2 heterocycles. The van der Waals surface area contributed by atoms with Crippen LogP contribution in [0.15, 0.2) is 54.9 Å². The van der Waals surface area contributed by atoms with E-state index < -0.39 is 17.4 Å². The number of halogens is 1. The number of hydrogen-bond acceptors (Lipinski definition) is 6. The van der Waals surface area contributed by atoms with Crippen molar-refractivity contribution in [2.45, 2.75) is 32.1 Å². The number of para-hydroxylation sites is 1. The monoisotopic (exact) mass is 496 g/mol. The summed E-state index contributed by atoms with van der Waals surface area (Å²) in [7, 11) is 2.79. The molecule has 182 valence electrons. The van der Waals surface area contributed by atoms with Crippen LogP contribution in [0.1, 0.15) is 39.0 Å². The van der Waals surface area contributed by atoms with E-state index in [0.717, 1.165) is 11.1 Å². The lowest BCUT2D eigenvalue weighted by Gasteiger charge is -2.43. The third kappa shape index (κ3) is 4.59. The van der Waals surface area contributed by atoms with Gasteiger partial charge in [0.1, 0.15) is 17.0 Å². The number of aromatic nitrogens is 2. The van der Waals surface area contributed by atoms with Crippen LogP contribution in [0.25, 0.3) is 0 Å². The first-order valence-corrected chi connectivity index (χ1v) is 11.3. The van der Waals surface area contributed by atoms with E-state index in [-0.39, 0.29) is 36.9 Å². The van der Waals surface area contributed by atoms with E-state index in [1.54, 1.807) is 38.3 Å². The molecule has 0 aliphatic carbocycles. The van der Waals surface area contributed by atoms with Gasteiger partial charge in [0, 0.05) is 23.7 Å². The summed E-state index contributed by atoms with van der Waals surface area (Å²) < 4.78 is 11.7. The van der Waals surface area contributed by atoms with Gasteiger partial charge in [0.2, 0.25) is 5.91 Å². The molecule has 2 aromatic carbocycles. The lowest BCUT2D eigenvalue weighted by molar-refractivity contribution is -0.133. The molecule has 1 N–H and O–H groups in total. The zero-order valence-electron chi connectivity index (χ0n) is 19.6. The Kier molecular flexibility index (Phi) is 6.79. The standard InChI is InChI=1S/C25H25ClN4O5/c1-25(24(33)27-12-17-6-4-5-7-19(17)34-2)14-29-15-28-20(23(32)35-3)21(29)22(31)30(25)13-16-8-10-18(26)11-9-16/h4-11,15H,12-14H2,1-3H3,(H,27,33). The van der Waals surface area contributed by atoms with E-state index in [1.165, 1.54) is 22.9 Å². The lowest BCUT2D eigenvalue weighted by Crippen LogP contribution is -2.63. The minimum atomic E-state index is -1.28. The molecule has 2 amide bonds. The second-order valence-electron chi connectivity index (χ2n) is 8.35. The number of nitrogens with one attached hydrogen (secondary N) is 1. The first kappa shape index (κ1) is 24.3. The highest BCUT2D eigenvalue weighted by molar-refractivity contribution is 6.30. The number of nitrogens with zero attached hydrogens (tertiary/aromatic N) is 3. The van der Waals surface area contributed by atoms with Crippen LogP contribution in [0.2, 0.25) is 5.02 Å². The van der Waals surface area contributed by atoms with Crippen molar-refractivity contribution in [2.24, 2.45) is 0 Å². The first-order chi connectivity index (χ1) is 16.8. The molecule has 1 atom stereocenters. The van der Waals surface area contributed by atoms with Gasteiger partial charge in [-0.05, 0) is 30.7 Å². The van der Waals surface area contributed by atoms with Crippen molar-refractivity contribution in [3.8, 4) is 5.75 Å². The summed E-state index contributed by atoms with van der Waals surface area (Å²) in [6.07, 6.45) is 1.38. The molecular formula is C25H25ClN4O5. The maximum Gasteiger partial charge on any atom is 0.359 e. The van der Waals surface area contributed by atoms with Crippen LogP contribution >= 0.6 is 11.6 Å². The second kappa shape index (κ2) is 9.79. The largest absolute Gasteiger partial charge is 0.496 e. The van der Waals surface area contributed by atoms with Gasteiger partial charge >= 0.3 is 5.97 Å². The van der Waals surface area contributed by atoms with Crippen molar-refractivity contribution in [3.63, 3.8) is 0 Å². The van der Waals surface area contributed by atoms with Gasteiger partial charge in [-0.25, -0.2) is 9.78 Å². The second-order valence-corrected chi connectivity index (χ2v) is 8.78. The zero-order chi connectivity index (χ0) is 25.2. The predicted molar refractivity (Wildman–Crippen MR) is 128 cm³/mol. The van der Waals surface area contributed by atoms with Crippen molar-refractivity contribution in [1.82, 2.24) is 19.8 Å². The summed E-state index contributed by atoms with van der Waals surface area (Å²) in [6.45, 7) is 2.13. The minimum Gasteiger partial charge on any atom is -0.496 e. The molecule has 0 radical (unpaired) electrons. The van der Waals surface area contributed by atoms with E-state index in [0.29, 0.717) is 10.8 Å². The molecule has 1 aromatic heterocycles. The number of fused-ring (bicyclic) bond motifs is 1. The van der Waals surface area contributed by atoms with Gasteiger partial charge in [-0.3, -0.25) is 9.59 Å². The number of esters is 1. The highest BCUT2D eigenvalue weighted by atomic mass is 35.5. The van der Waals surface area contributed by atoms with Crippen LogP contribution in [-0.4, -0.2) is 52.0 Å². The summed E-state index contributed by atoms with van der Waals surface area (Å²) in [4.78, 5) is 45.1. The van der Waals surface area contributed by atoms with E-state index in [2.05, 4.69) is 10.3 Å². The molecule has 3 aromatic rings. The average Bonchev–Trinajstić information content (AvgIpc) is 3.29. The topological polar surface area (TPSA) is 103 Å². The van der Waals surface area contributed by atoms with E-state index in [9.17, 15) is 14.4 Å². The van der Waals surface area contributed by atoms with Crippen LogP contribution in [0.5, 0.6) is 5.75 Å². The summed E-state index contributed by atoms with van der Waals surface area (Å²) in [5.41, 5.74) is 0.296. The lowest BCUT2D eigenvalue weighted by atomic mass is 9.93. The summed E-state index contributed by atoms with van der Waals surface area (Å²) in [5.74, 6) is -0.929. The molecule has 0 fully saturated rings. The Morgan fingerprint density at radius 3 is 2.54 bits per heavy atom. The highest BCUT2D eigenvalue weighted by Crippen LogP contribution is 2.31. The molecule has 35 heavy (non-hydrogen) atoms. The van der Waals surface area contributed by atoms with Gasteiger partial charge in [0.15, 0.2) is 5.69 Å². The van der Waals surface area contributed by atoms with Gasteiger partial charge in [-0.2, -0.15) is 0 Å². The average molecular weight is 497 g/mol. The maximum absolute atomic E-state index is 13.7. The molecule has 4 rings (SSSR count). The Bertz CT molecular complexity index is 1270. The molecule has 0 spiro atoms. The van der Waals surface area contributed by atoms with Crippen LogP contribution in [0.4, 0.5) is 0 Å². The Morgan fingerprint density at radius 2 is 1.86 bits per heavy atom. The van der Waals surface area contributed by atoms with Gasteiger partial charge < -0.3 is 24.3 Å². The molecular weight excluding hydrogens is 472 g/mol. The van der Waals surface area contributed by atoms with E-state index in [4.69, 9.17) is 21.1 Å². The number of carbonyl (C=O) groups excluding carboxylic acids is 3. The fraction of sp³-hybridized carbons (Fsp3) is 0.280. The number of ether oxygens (including phenoxy) is 2. The van der Waals surface area contributed by atoms with Crippen LogP contribution in [0, 0.1) is 0 Å². The molecule has 1 aliphatic rings. The quantitative estimate of drug-likeness (QED) is 0.504. The fourth-order valence-electron chi connectivity index (χ4n) is 4.17. The van der Waals surface area contributed by atoms with Crippen molar-refractivity contribution >= 4 is 29.4 Å². The summed E-state index contributed by atoms with van der Waals surface area (Å²) in [5, 5.41) is 3.50. The van der Waals surface area contributed by atoms with E-state index >= 15 is 0 Å². The summed E-state index contributed by atoms with van der Waals surface area (Å²) in [6, 6.07) is 14.4. The Hall–Kier alpha value is -3.85. The Labute approximate surface area is 207 Å². The van der Waals surface area contributed by atoms with Crippen molar-refractivity contribution in [3.05, 3.63) is 82.4 Å². The first-order valence-electron chi connectivity index (χ1n) is 10.9. The number of carbonyl (C=O) groups is 3. The number of hydrogen-bond donors (Lipinski definition) is 1. The fourth-order valence-corrected chi connectivity index (χ4v) is 4.30. The van der Waals surface area contributed by atoms with Crippen molar-refractivity contribution in [2.75, 3.05) is 14.2 Å². The van der Waals surface area contributed by atoms with Crippen molar-refractivity contribution < 1.29 is 23.9 Å². The van der Waals surface area contributed by atoms with E-state index in [1.807, 2.05) is 24.3 Å². The third-order valence-corrected chi connectivity index (χ3v) is 6.37. The highest BCUT2D eigenvalue weighted by Gasteiger charge is 2.49. The summed E-state index contributed by atoms with van der Waals surface area (Å²) >= 11 is 6.02. The number of methoxy groups -OCH3 is 2. The Morgan fingerprint density at radius 1 is 1.14 bits per heavy atom. The normalized spacial score (nSPS) is 17.0. The van der Waals surface area contributed by atoms with Gasteiger partial charge in [-0.1, -0.05) is 41.9 Å². The van der Waals surface area contributed by atoms with Crippen LogP contribution in [0.3, 0.4) is 0 Å². The molecule has 1 aliphatic heterocycles. The number of amides is 2. The van der Waals surface area contributed by atoms with Crippen LogP contribution in [-0.2, 0) is 29.2 Å². The molecule has 0 bridgehead atoms. The minimum absolute atomic E-state index is 0.0841. The maximum atomic E-state index is 13.7.